The van der Waals surface area contributed by atoms with Gasteiger partial charge in [-0.3, -0.25) is 0 Å². The van der Waals surface area contributed by atoms with Crippen LogP contribution in [0.1, 0.15) is 105 Å². The standard InChI is InChI=1S/2C10H20O2.Zn/c2*1-3-5-6-7-8-9(4-2)10(11)12;/h2*9H,3-8H2,1-2H3,(H,11,12);/q;;+2/p-2. The molecule has 0 fully saturated rings. The molecule has 2 atom stereocenters. The van der Waals surface area contributed by atoms with Crippen molar-refractivity contribution in [1.29, 1.82) is 0 Å². The fourth-order valence-corrected chi connectivity index (χ4v) is 2.61. The van der Waals surface area contributed by atoms with Crippen LogP contribution in [0, 0.1) is 11.8 Å². The third-order valence-electron chi connectivity index (χ3n) is 4.46. The molecule has 5 heteroatoms. The number of hydrogen-bond acceptors (Lipinski definition) is 4. The summed E-state index contributed by atoms with van der Waals surface area (Å²) in [7, 11) is 0. The Hall–Kier alpha value is -0.437. The quantitative estimate of drug-likeness (QED) is 0.326. The van der Waals surface area contributed by atoms with Gasteiger partial charge in [0.1, 0.15) is 0 Å². The summed E-state index contributed by atoms with van der Waals surface area (Å²) >= 11 is 0. The average Bonchev–Trinajstić information content (AvgIpc) is 2.55. The molecule has 0 aromatic heterocycles. The summed E-state index contributed by atoms with van der Waals surface area (Å²) in [5.74, 6) is -2.20. The van der Waals surface area contributed by atoms with Gasteiger partial charge >= 0.3 is 19.5 Å². The van der Waals surface area contributed by atoms with Gasteiger partial charge in [-0.2, -0.15) is 0 Å². The largest absolute Gasteiger partial charge is 2.00 e. The minimum absolute atomic E-state index is 0. The number of carbonyl (C=O) groups is 2. The van der Waals surface area contributed by atoms with Crippen LogP contribution in [0.15, 0.2) is 0 Å². The molecule has 0 bridgehead atoms. The first-order valence-electron chi connectivity index (χ1n) is 9.86. The third kappa shape index (κ3) is 19.7. The molecule has 2 unspecified atom stereocenters. The van der Waals surface area contributed by atoms with Crippen LogP contribution in [-0.4, -0.2) is 11.9 Å². The van der Waals surface area contributed by atoms with Gasteiger partial charge in [0.25, 0.3) is 0 Å². The van der Waals surface area contributed by atoms with E-state index in [0.29, 0.717) is 12.8 Å². The van der Waals surface area contributed by atoms with E-state index in [1.807, 2.05) is 13.8 Å². The van der Waals surface area contributed by atoms with E-state index in [4.69, 9.17) is 0 Å². The Balaban J connectivity index is -0.000000372. The smallest absolute Gasteiger partial charge is 0.550 e. The normalized spacial score (nSPS) is 12.3. The van der Waals surface area contributed by atoms with Gasteiger partial charge in [-0.05, 0) is 37.5 Å². The predicted octanol–water partition coefficient (Wildman–Crippen LogP) is 3.46. The van der Waals surface area contributed by atoms with Crippen molar-refractivity contribution in [2.75, 3.05) is 0 Å². The second-order valence-electron chi connectivity index (χ2n) is 6.55. The van der Waals surface area contributed by atoms with Crippen LogP contribution in [0.2, 0.25) is 0 Å². The van der Waals surface area contributed by atoms with Gasteiger partial charge in [-0.25, -0.2) is 0 Å². The van der Waals surface area contributed by atoms with Gasteiger partial charge in [0, 0.05) is 11.9 Å². The zero-order valence-corrected chi connectivity index (χ0v) is 19.9. The molecule has 0 aromatic carbocycles. The summed E-state index contributed by atoms with van der Waals surface area (Å²) in [6.45, 7) is 8.10. The molecule has 0 amide bonds. The van der Waals surface area contributed by atoms with Crippen molar-refractivity contribution in [3.63, 3.8) is 0 Å². The number of aliphatic carboxylic acids is 2. The molecule has 0 heterocycles. The van der Waals surface area contributed by atoms with E-state index in [9.17, 15) is 19.8 Å². The van der Waals surface area contributed by atoms with Crippen LogP contribution in [0.5, 0.6) is 0 Å². The van der Waals surface area contributed by atoms with Crippen molar-refractivity contribution in [2.45, 2.75) is 105 Å². The van der Waals surface area contributed by atoms with Crippen LogP contribution in [0.4, 0.5) is 0 Å². The van der Waals surface area contributed by atoms with E-state index >= 15 is 0 Å². The van der Waals surface area contributed by atoms with Crippen molar-refractivity contribution in [3.8, 4) is 0 Å². The third-order valence-corrected chi connectivity index (χ3v) is 4.46. The topological polar surface area (TPSA) is 80.3 Å². The van der Waals surface area contributed by atoms with Crippen LogP contribution >= 0.6 is 0 Å². The Kier molecular flexibility index (Phi) is 25.3. The van der Waals surface area contributed by atoms with Gasteiger partial charge in [-0.1, -0.05) is 79.1 Å². The molecule has 0 aromatic rings. The molecule has 0 aliphatic carbocycles. The Morgan fingerprint density at radius 1 is 0.640 bits per heavy atom. The second-order valence-corrected chi connectivity index (χ2v) is 6.55. The van der Waals surface area contributed by atoms with E-state index in [1.165, 1.54) is 25.7 Å². The van der Waals surface area contributed by atoms with Gasteiger partial charge in [0.15, 0.2) is 0 Å². The summed E-state index contributed by atoms with van der Waals surface area (Å²) in [6.07, 6.45) is 12.2. The first kappa shape index (κ1) is 29.3. The van der Waals surface area contributed by atoms with E-state index < -0.39 is 11.9 Å². The molecule has 4 nitrogen and oxygen atoms in total. The van der Waals surface area contributed by atoms with Crippen LogP contribution in [0.25, 0.3) is 0 Å². The molecule has 0 rings (SSSR count). The van der Waals surface area contributed by atoms with Gasteiger partial charge < -0.3 is 19.8 Å². The predicted molar refractivity (Wildman–Crippen MR) is 95.1 cm³/mol. The average molecular weight is 408 g/mol. The van der Waals surface area contributed by atoms with Crippen molar-refractivity contribution in [1.82, 2.24) is 0 Å². The van der Waals surface area contributed by atoms with Gasteiger partial charge in [0.2, 0.25) is 0 Å². The van der Waals surface area contributed by atoms with Crippen molar-refractivity contribution in [2.24, 2.45) is 11.8 Å². The monoisotopic (exact) mass is 406 g/mol. The molecule has 0 spiro atoms. The maximum atomic E-state index is 10.5. The summed E-state index contributed by atoms with van der Waals surface area (Å²) in [5.41, 5.74) is 0. The number of rotatable bonds is 14. The Labute approximate surface area is 167 Å². The number of carbonyl (C=O) groups excluding carboxylic acids is 2. The molecular weight excluding hydrogens is 370 g/mol. The summed E-state index contributed by atoms with van der Waals surface area (Å²) in [4.78, 5) is 21.0. The van der Waals surface area contributed by atoms with E-state index in [-0.39, 0.29) is 31.3 Å². The summed E-state index contributed by atoms with van der Waals surface area (Å²) < 4.78 is 0. The Morgan fingerprint density at radius 3 is 1.16 bits per heavy atom. The SMILES string of the molecule is CCCCCCC(CC)C(=O)[O-].CCCCCCC(CC)C(=O)[O-].[Zn+2]. The van der Waals surface area contributed by atoms with Crippen LogP contribution in [0.3, 0.4) is 0 Å². The number of hydrogen-bond donors (Lipinski definition) is 0. The number of carboxylic acid groups (broad SMARTS) is 2. The Bertz CT molecular complexity index is 278. The zero-order valence-electron chi connectivity index (χ0n) is 17.0. The van der Waals surface area contributed by atoms with Crippen molar-refractivity contribution in [3.05, 3.63) is 0 Å². The van der Waals surface area contributed by atoms with Crippen LogP contribution in [-0.2, 0) is 29.1 Å². The van der Waals surface area contributed by atoms with E-state index in [1.54, 1.807) is 0 Å². The zero-order chi connectivity index (χ0) is 18.8. The van der Waals surface area contributed by atoms with Gasteiger partial charge in [-0.15, -0.1) is 0 Å². The fourth-order valence-electron chi connectivity index (χ4n) is 2.61. The minimum atomic E-state index is -0.881. The van der Waals surface area contributed by atoms with Crippen LogP contribution < -0.4 is 10.2 Å². The fraction of sp³-hybridized carbons (Fsp3) is 0.900. The first-order chi connectivity index (χ1) is 11.4. The van der Waals surface area contributed by atoms with E-state index in [0.717, 1.165) is 38.5 Å². The maximum Gasteiger partial charge on any atom is 2.00 e. The molecule has 0 saturated carbocycles. The maximum absolute atomic E-state index is 10.5. The van der Waals surface area contributed by atoms with E-state index in [2.05, 4.69) is 13.8 Å². The molecule has 0 saturated heterocycles. The van der Waals surface area contributed by atoms with Crippen molar-refractivity contribution >= 4 is 11.9 Å². The molecule has 0 aliphatic rings. The Morgan fingerprint density at radius 2 is 0.960 bits per heavy atom. The second kappa shape index (κ2) is 21.6. The summed E-state index contributed by atoms with van der Waals surface area (Å²) in [6, 6.07) is 0. The summed E-state index contributed by atoms with van der Waals surface area (Å²) in [5, 5.41) is 21.0. The number of unbranched alkanes of at least 4 members (excludes halogenated alkanes) is 6. The molecule has 144 valence electrons. The molecular formula is C20H38O4Zn. The van der Waals surface area contributed by atoms with Crippen molar-refractivity contribution < 1.29 is 39.3 Å². The number of carboxylic acids is 2. The molecule has 25 heavy (non-hydrogen) atoms. The minimum Gasteiger partial charge on any atom is -0.550 e. The molecule has 0 radical (unpaired) electrons. The molecule has 0 aliphatic heterocycles. The molecule has 0 N–H and O–H groups in total. The van der Waals surface area contributed by atoms with Gasteiger partial charge in [0.05, 0.1) is 0 Å². The first-order valence-corrected chi connectivity index (χ1v) is 9.86.